The number of aliphatic hydroxyl groups excluding tert-OH is 1. The van der Waals surface area contributed by atoms with Crippen molar-refractivity contribution in [3.05, 3.63) is 35.9 Å². The van der Waals surface area contributed by atoms with Crippen LogP contribution in [0.3, 0.4) is 0 Å². The fourth-order valence-electron chi connectivity index (χ4n) is 8.64. The van der Waals surface area contributed by atoms with E-state index in [2.05, 4.69) is 67.8 Å². The van der Waals surface area contributed by atoms with Crippen LogP contribution in [-0.4, -0.2) is 188 Å². The summed E-state index contributed by atoms with van der Waals surface area (Å²) in [5.74, 6) is -9.22. The van der Waals surface area contributed by atoms with E-state index >= 15 is 0 Å². The van der Waals surface area contributed by atoms with Crippen molar-refractivity contribution in [3.8, 4) is 0 Å². The SMILES string of the molecule is CC(=O)N[C@@H](CCCN=C(N)N)C(=O)N[C@@H](C)C(=O)N[C@@H](Cc1ccccc1)C(=O)N[C@@H](CCCN=C(N)N)C(=O)N[C@@H](CCCN=C(N)N)C(=O)N[C@@H](CCCCN)C(=O)N[C@@H](CCCCN)C(=O)N[C@@H](CCCN=C(N)N)C(=O)N[C@H](C(N)=O)[C@@H](C)O. The van der Waals surface area contributed by atoms with Gasteiger partial charge in [0.2, 0.25) is 59.1 Å². The van der Waals surface area contributed by atoms with Gasteiger partial charge in [-0.3, -0.25) is 67.9 Å². The van der Waals surface area contributed by atoms with Gasteiger partial charge in [0, 0.05) is 39.5 Å². The molecule has 0 saturated carbocycles. The van der Waals surface area contributed by atoms with Crippen LogP contribution in [0.5, 0.6) is 0 Å². The second kappa shape index (κ2) is 43.5. The van der Waals surface area contributed by atoms with Crippen molar-refractivity contribution < 1.29 is 53.1 Å². The topological polar surface area (TPSA) is 635 Å². The van der Waals surface area contributed by atoms with Crippen LogP contribution in [0.15, 0.2) is 50.3 Å². The molecule has 10 amide bonds. The lowest BCUT2D eigenvalue weighted by atomic mass is 10.0. The van der Waals surface area contributed by atoms with Gasteiger partial charge in [-0.05, 0) is 122 Å². The average Bonchev–Trinajstić information content (AvgIpc) is 2.49. The number of nitrogens with zero attached hydrogens (tertiary/aromatic N) is 4. The maximum absolute atomic E-state index is 14.6. The normalized spacial score (nSPS) is 14.2. The molecule has 0 aliphatic carbocycles. The van der Waals surface area contributed by atoms with Gasteiger partial charge in [-0.1, -0.05) is 30.3 Å². The Morgan fingerprint density at radius 1 is 0.393 bits per heavy atom. The van der Waals surface area contributed by atoms with Crippen molar-refractivity contribution in [1.82, 2.24) is 47.9 Å². The number of amides is 10. The Balaban J connectivity index is 3.77. The second-order valence-electron chi connectivity index (χ2n) is 21.0. The van der Waals surface area contributed by atoms with Gasteiger partial charge in [-0.25, -0.2) is 0 Å². The minimum absolute atomic E-state index is 0.00354. The lowest BCUT2D eigenvalue weighted by Crippen LogP contribution is -2.60. The van der Waals surface area contributed by atoms with Gasteiger partial charge < -0.3 is 116 Å². The number of hydrogen-bond acceptors (Lipinski definition) is 17. The smallest absolute Gasteiger partial charge is 0.243 e. The molecule has 0 aliphatic heterocycles. The van der Waals surface area contributed by atoms with Crippen LogP contribution in [0, 0.1) is 0 Å². The third-order valence-electron chi connectivity index (χ3n) is 13.3. The van der Waals surface area contributed by atoms with Crippen molar-refractivity contribution in [3.63, 3.8) is 0 Å². The maximum atomic E-state index is 14.6. The summed E-state index contributed by atoms with van der Waals surface area (Å²) in [5, 5.41) is 33.7. The van der Waals surface area contributed by atoms with E-state index in [9.17, 15) is 53.1 Å². The first-order valence-electron chi connectivity index (χ1n) is 29.4. The highest BCUT2D eigenvalue weighted by Gasteiger charge is 2.35. The molecule has 0 radical (unpaired) electrons. The van der Waals surface area contributed by atoms with Crippen LogP contribution in [-0.2, 0) is 54.4 Å². The Morgan fingerprint density at radius 3 is 0.989 bits per heavy atom. The summed E-state index contributed by atoms with van der Waals surface area (Å²) in [5.41, 5.74) is 61.7. The van der Waals surface area contributed by atoms with Gasteiger partial charge in [0.1, 0.15) is 54.4 Å². The number of primary amides is 1. The van der Waals surface area contributed by atoms with Crippen LogP contribution in [0.4, 0.5) is 0 Å². The van der Waals surface area contributed by atoms with E-state index in [1.54, 1.807) is 30.3 Å². The number of guanidine groups is 4. The molecule has 10 atom stereocenters. The molecular weight excluding hydrogens is 1160 g/mol. The van der Waals surface area contributed by atoms with Crippen LogP contribution in [0.2, 0.25) is 0 Å². The van der Waals surface area contributed by atoms with Crippen molar-refractivity contribution in [2.24, 2.45) is 83.0 Å². The molecule has 0 saturated heterocycles. The van der Waals surface area contributed by atoms with E-state index in [4.69, 9.17) is 63.1 Å². The summed E-state index contributed by atoms with van der Waals surface area (Å²) in [6.45, 7) is 4.42. The van der Waals surface area contributed by atoms with Gasteiger partial charge in [0.15, 0.2) is 23.8 Å². The monoisotopic (exact) mass is 1260 g/mol. The zero-order valence-electron chi connectivity index (χ0n) is 51.2. The van der Waals surface area contributed by atoms with Gasteiger partial charge in [0.25, 0.3) is 0 Å². The lowest BCUT2D eigenvalue weighted by Gasteiger charge is -2.28. The third kappa shape index (κ3) is 34.1. The molecule has 1 aromatic rings. The number of hydrogen-bond donors (Lipinski definition) is 21. The molecule has 1 aromatic carbocycles. The first-order valence-corrected chi connectivity index (χ1v) is 29.4. The quantitative estimate of drug-likeness (QED) is 0.0164. The van der Waals surface area contributed by atoms with Crippen molar-refractivity contribution in [1.29, 1.82) is 0 Å². The van der Waals surface area contributed by atoms with Gasteiger partial charge >= 0.3 is 0 Å². The molecule has 0 fully saturated rings. The van der Waals surface area contributed by atoms with Crippen molar-refractivity contribution in [2.75, 3.05) is 39.3 Å². The highest BCUT2D eigenvalue weighted by molar-refractivity contribution is 5.98. The first kappa shape index (κ1) is 77.9. The molecule has 1 rings (SSSR count). The Labute approximate surface area is 518 Å². The summed E-state index contributed by atoms with van der Waals surface area (Å²) < 4.78 is 0. The van der Waals surface area contributed by atoms with Gasteiger partial charge in [-0.2, -0.15) is 0 Å². The van der Waals surface area contributed by atoms with E-state index in [1.807, 2.05) is 0 Å². The Morgan fingerprint density at radius 2 is 0.685 bits per heavy atom. The fraction of sp³-hybridized carbons (Fsp3) is 0.630. The summed E-state index contributed by atoms with van der Waals surface area (Å²) in [6, 6.07) is -3.73. The minimum Gasteiger partial charge on any atom is -0.391 e. The average molecular weight is 1260 g/mol. The minimum atomic E-state index is -1.53. The van der Waals surface area contributed by atoms with Crippen molar-refractivity contribution >= 4 is 82.9 Å². The standard InChI is InChI=1S/C54H98N24O11/c1-30(70-44(83)34(71-32(3)80)19-11-25-66-51(58)59)43(82)77-40(29-33-15-5-4-6-16-33)50(89)76-38(21-13-27-68-53(62)63)48(87)74-37(20-12-26-67-52(60)61)47(86)73-35(17-7-9-23-55)45(84)72-36(18-8-10-24-56)46(85)75-39(22-14-28-69-54(64)65)49(88)78-41(31(2)79)42(57)81/h4-6,15-16,30-31,34-41,79H,7-14,17-29,55-56H2,1-3H3,(H2,57,81)(H,70,83)(H,71,80)(H,72,84)(H,73,86)(H,74,87)(H,75,85)(H,76,89)(H,77,82)(H,78,88)(H4,58,59,66)(H4,60,61,67)(H4,62,63,68)(H4,64,65,69)/t30-,31+,34-,35-,36-,37-,38-,39-,40-,41-/m0/s1. The molecule has 0 heterocycles. The van der Waals surface area contributed by atoms with E-state index in [0.29, 0.717) is 31.2 Å². The number of benzene rings is 1. The molecule has 0 spiro atoms. The Kier molecular flexibility index (Phi) is 38.1. The number of unbranched alkanes of at least 4 members (excludes halogenated alkanes) is 2. The van der Waals surface area contributed by atoms with Crippen molar-refractivity contribution in [2.45, 2.75) is 178 Å². The second-order valence-corrected chi connectivity index (χ2v) is 21.0. The molecule has 0 aromatic heterocycles. The van der Waals surface area contributed by atoms with E-state index in [-0.39, 0.29) is 134 Å². The molecule has 32 N–H and O–H groups in total. The predicted octanol–water partition coefficient (Wildman–Crippen LogP) is -8.03. The third-order valence-corrected chi connectivity index (χ3v) is 13.3. The zero-order chi connectivity index (χ0) is 67.0. The number of carbonyl (C=O) groups is 10. The summed E-state index contributed by atoms with van der Waals surface area (Å²) >= 11 is 0. The Bertz CT molecular complexity index is 2540. The molecule has 35 heteroatoms. The molecule has 89 heavy (non-hydrogen) atoms. The first-order chi connectivity index (χ1) is 42.1. The number of nitrogens with one attached hydrogen (secondary N) is 9. The largest absolute Gasteiger partial charge is 0.391 e. The summed E-state index contributed by atoms with van der Waals surface area (Å²) in [4.78, 5) is 153. The van der Waals surface area contributed by atoms with Gasteiger partial charge in [0.05, 0.1) is 6.10 Å². The maximum Gasteiger partial charge on any atom is 0.243 e. The molecular formula is C54H98N24O11. The van der Waals surface area contributed by atoms with Crippen LogP contribution >= 0.6 is 0 Å². The number of aliphatic imine (C=N–C) groups is 4. The van der Waals surface area contributed by atoms with Gasteiger partial charge in [-0.15, -0.1) is 0 Å². The van der Waals surface area contributed by atoms with E-state index in [0.717, 1.165) is 0 Å². The number of carbonyl (C=O) groups excluding carboxylic acids is 10. The zero-order valence-corrected chi connectivity index (χ0v) is 51.2. The molecule has 0 bridgehead atoms. The molecule has 0 aliphatic rings. The number of aliphatic hydroxyl groups is 1. The van der Waals surface area contributed by atoms with E-state index in [1.165, 1.54) is 20.8 Å². The number of rotatable bonds is 45. The van der Waals surface area contributed by atoms with E-state index < -0.39 is 120 Å². The van der Waals surface area contributed by atoms with Crippen LogP contribution in [0.25, 0.3) is 0 Å². The molecule has 500 valence electrons. The fourth-order valence-corrected chi connectivity index (χ4v) is 8.64. The lowest BCUT2D eigenvalue weighted by molar-refractivity contribution is -0.136. The highest BCUT2D eigenvalue weighted by atomic mass is 16.3. The molecule has 0 unspecified atom stereocenters. The highest BCUT2D eigenvalue weighted by Crippen LogP contribution is 2.12. The van der Waals surface area contributed by atoms with Crippen LogP contribution < -0.4 is 111 Å². The molecule has 35 nitrogen and oxygen atoms in total. The summed E-state index contributed by atoms with van der Waals surface area (Å²) in [7, 11) is 0. The summed E-state index contributed by atoms with van der Waals surface area (Å²) in [6.07, 6.45) is 0.222. The van der Waals surface area contributed by atoms with Crippen LogP contribution in [0.1, 0.15) is 116 Å². The number of nitrogens with two attached hydrogens (primary N) is 11. The predicted molar refractivity (Wildman–Crippen MR) is 335 cm³/mol. The Hall–Kier alpha value is -9.12.